The van der Waals surface area contributed by atoms with Crippen LogP contribution in [-0.2, 0) is 7.05 Å². The molecule has 3 rings (SSSR count). The van der Waals surface area contributed by atoms with Gasteiger partial charge in [0.1, 0.15) is 5.52 Å². The quantitative estimate of drug-likeness (QED) is 0.297. The maximum absolute atomic E-state index is 5.42. The summed E-state index contributed by atoms with van der Waals surface area (Å²) in [6, 6.07) is 3.96. The fourth-order valence-electron chi connectivity index (χ4n) is 2.54. The maximum Gasteiger partial charge on any atom is 0.163 e. The molecule has 1 aromatic carbocycles. The Kier molecular flexibility index (Phi) is 9.62. The van der Waals surface area contributed by atoms with Gasteiger partial charge in [-0.15, -0.1) is 0 Å². The highest BCUT2D eigenvalue weighted by Gasteiger charge is 2.13. The first-order chi connectivity index (χ1) is 12.5. The standard InChI is InChI=1S/C16H16IN3O2.C2H6.CH3I/c1-9-5-10(6-13(21-3)15(9)22-4)12-7-18-16-14(19-12)11(17)8-20(16)2;2*1-2/h5-8H,1-4H3;1-2H3;1H3. The Morgan fingerprint density at radius 3 is 2.31 bits per heavy atom. The van der Waals surface area contributed by atoms with Crippen molar-refractivity contribution in [3.63, 3.8) is 0 Å². The number of rotatable bonds is 3. The van der Waals surface area contributed by atoms with Crippen molar-refractivity contribution in [3.8, 4) is 22.8 Å². The summed E-state index contributed by atoms with van der Waals surface area (Å²) in [5.74, 6) is 1.44. The molecule has 0 unspecified atom stereocenters. The molecule has 7 heteroatoms. The Morgan fingerprint density at radius 1 is 1.08 bits per heavy atom. The summed E-state index contributed by atoms with van der Waals surface area (Å²) >= 11 is 4.43. The van der Waals surface area contributed by atoms with Gasteiger partial charge in [0.2, 0.25) is 0 Å². The van der Waals surface area contributed by atoms with Crippen LogP contribution in [-0.4, -0.2) is 33.7 Å². The molecule has 0 bridgehead atoms. The molecule has 3 aromatic rings. The molecule has 0 spiro atoms. The van der Waals surface area contributed by atoms with E-state index in [2.05, 4.69) is 50.2 Å². The SMILES string of the molecule is CC.CI.COc1cc(-c2cnc3c(n2)c(I)cn3C)cc(C)c1OC. The van der Waals surface area contributed by atoms with E-state index in [9.17, 15) is 0 Å². The highest BCUT2D eigenvalue weighted by molar-refractivity contribution is 14.1. The molecule has 0 N–H and O–H groups in total. The lowest BCUT2D eigenvalue weighted by atomic mass is 10.1. The van der Waals surface area contributed by atoms with Crippen LogP contribution < -0.4 is 9.47 Å². The van der Waals surface area contributed by atoms with Crippen LogP contribution in [0.2, 0.25) is 0 Å². The molecule has 0 saturated heterocycles. The van der Waals surface area contributed by atoms with Gasteiger partial charge in [-0.1, -0.05) is 36.4 Å². The van der Waals surface area contributed by atoms with E-state index >= 15 is 0 Å². The van der Waals surface area contributed by atoms with E-state index in [4.69, 9.17) is 14.5 Å². The van der Waals surface area contributed by atoms with Gasteiger partial charge in [-0.2, -0.15) is 0 Å². The smallest absolute Gasteiger partial charge is 0.163 e. The van der Waals surface area contributed by atoms with Gasteiger partial charge in [-0.3, -0.25) is 0 Å². The molecule has 0 aliphatic rings. The van der Waals surface area contributed by atoms with E-state index in [0.29, 0.717) is 5.75 Å². The van der Waals surface area contributed by atoms with Crippen molar-refractivity contribution >= 4 is 56.3 Å². The molecule has 2 heterocycles. The second-order valence-corrected chi connectivity index (χ2v) is 6.21. The van der Waals surface area contributed by atoms with Crippen molar-refractivity contribution in [1.29, 1.82) is 0 Å². The molecular weight excluding hydrogens is 556 g/mol. The van der Waals surface area contributed by atoms with Gasteiger partial charge in [0.05, 0.1) is 29.7 Å². The zero-order valence-corrected chi connectivity index (χ0v) is 20.5. The van der Waals surface area contributed by atoms with Gasteiger partial charge >= 0.3 is 0 Å². The van der Waals surface area contributed by atoms with Gasteiger partial charge in [-0.05, 0) is 52.1 Å². The van der Waals surface area contributed by atoms with E-state index in [-0.39, 0.29) is 0 Å². The Hall–Kier alpha value is -1.10. The molecule has 26 heavy (non-hydrogen) atoms. The fourth-order valence-corrected chi connectivity index (χ4v) is 3.31. The summed E-state index contributed by atoms with van der Waals surface area (Å²) in [6.45, 7) is 5.99. The number of hydrogen-bond acceptors (Lipinski definition) is 4. The zero-order valence-electron chi connectivity index (χ0n) is 16.2. The van der Waals surface area contributed by atoms with Crippen LogP contribution in [0, 0.1) is 10.5 Å². The summed E-state index contributed by atoms with van der Waals surface area (Å²) in [7, 11) is 5.25. The minimum atomic E-state index is 0.696. The van der Waals surface area contributed by atoms with Crippen LogP contribution in [0.5, 0.6) is 11.5 Å². The predicted octanol–water partition coefficient (Wildman–Crippen LogP) is 5.64. The van der Waals surface area contributed by atoms with Crippen LogP contribution in [0.4, 0.5) is 0 Å². The molecule has 2 aromatic heterocycles. The molecule has 0 fully saturated rings. The largest absolute Gasteiger partial charge is 0.493 e. The van der Waals surface area contributed by atoms with Crippen LogP contribution in [0.15, 0.2) is 24.5 Å². The maximum atomic E-state index is 5.42. The number of fused-ring (bicyclic) bond motifs is 1. The third-order valence-electron chi connectivity index (χ3n) is 3.58. The van der Waals surface area contributed by atoms with Crippen molar-refractivity contribution in [2.75, 3.05) is 19.2 Å². The molecule has 142 valence electrons. The third kappa shape index (κ3) is 4.79. The number of hydrogen-bond donors (Lipinski definition) is 0. The van der Waals surface area contributed by atoms with E-state index in [1.165, 1.54) is 0 Å². The second kappa shape index (κ2) is 10.9. The van der Waals surface area contributed by atoms with Crippen LogP contribution in [0.3, 0.4) is 0 Å². The second-order valence-electron chi connectivity index (χ2n) is 5.04. The number of ether oxygens (including phenoxy) is 2. The summed E-state index contributed by atoms with van der Waals surface area (Å²) in [5.41, 5.74) is 4.57. The number of benzene rings is 1. The molecule has 0 radical (unpaired) electrons. The van der Waals surface area contributed by atoms with Gasteiger partial charge in [-0.25, -0.2) is 9.97 Å². The number of aryl methyl sites for hydroxylation is 2. The van der Waals surface area contributed by atoms with E-state index < -0.39 is 0 Å². The Bertz CT molecular complexity index is 864. The van der Waals surface area contributed by atoms with Crippen LogP contribution >= 0.6 is 45.2 Å². The van der Waals surface area contributed by atoms with Crippen LogP contribution in [0.1, 0.15) is 19.4 Å². The van der Waals surface area contributed by atoms with Crippen molar-refractivity contribution in [2.24, 2.45) is 7.05 Å². The van der Waals surface area contributed by atoms with Gasteiger partial charge in [0, 0.05) is 18.8 Å². The van der Waals surface area contributed by atoms with E-state index in [1.807, 2.05) is 55.6 Å². The Morgan fingerprint density at radius 2 is 1.73 bits per heavy atom. The lowest BCUT2D eigenvalue weighted by Crippen LogP contribution is -1.96. The average molecular weight is 581 g/mol. The lowest BCUT2D eigenvalue weighted by Gasteiger charge is -2.12. The van der Waals surface area contributed by atoms with Crippen molar-refractivity contribution in [1.82, 2.24) is 14.5 Å². The Balaban J connectivity index is 0.000000791. The number of halogens is 2. The van der Waals surface area contributed by atoms with Crippen molar-refractivity contribution < 1.29 is 9.47 Å². The third-order valence-corrected chi connectivity index (χ3v) is 4.37. The predicted molar refractivity (Wildman–Crippen MR) is 126 cm³/mol. The number of alkyl halides is 1. The number of nitrogens with zero attached hydrogens (tertiary/aromatic N) is 3. The molecule has 0 aliphatic heterocycles. The minimum Gasteiger partial charge on any atom is -0.493 e. The summed E-state index contributed by atoms with van der Waals surface area (Å²) in [5, 5.41) is 0. The Labute approximate surface area is 182 Å². The monoisotopic (exact) mass is 581 g/mol. The summed E-state index contributed by atoms with van der Waals surface area (Å²) in [4.78, 5) is 11.2. The summed E-state index contributed by atoms with van der Waals surface area (Å²) < 4.78 is 13.9. The lowest BCUT2D eigenvalue weighted by molar-refractivity contribution is 0.353. The van der Waals surface area contributed by atoms with Crippen molar-refractivity contribution in [2.45, 2.75) is 20.8 Å². The van der Waals surface area contributed by atoms with Gasteiger partial charge in [0.25, 0.3) is 0 Å². The highest BCUT2D eigenvalue weighted by atomic mass is 127. The van der Waals surface area contributed by atoms with Gasteiger partial charge < -0.3 is 14.0 Å². The molecule has 5 nitrogen and oxygen atoms in total. The molecule has 0 atom stereocenters. The average Bonchev–Trinajstić information content (AvgIpc) is 2.97. The molecule has 0 saturated carbocycles. The first-order valence-electron chi connectivity index (χ1n) is 8.13. The van der Waals surface area contributed by atoms with E-state index in [0.717, 1.165) is 37.3 Å². The van der Waals surface area contributed by atoms with Crippen molar-refractivity contribution in [3.05, 3.63) is 33.7 Å². The topological polar surface area (TPSA) is 49.2 Å². The van der Waals surface area contributed by atoms with E-state index in [1.54, 1.807) is 20.4 Å². The first-order valence-corrected chi connectivity index (χ1v) is 11.4. The van der Waals surface area contributed by atoms with Crippen LogP contribution in [0.25, 0.3) is 22.4 Å². The molecular formula is C19H25I2N3O2. The summed E-state index contributed by atoms with van der Waals surface area (Å²) in [6.07, 6.45) is 3.81. The van der Waals surface area contributed by atoms with Gasteiger partial charge in [0.15, 0.2) is 17.1 Å². The fraction of sp³-hybridized carbons (Fsp3) is 0.368. The zero-order chi connectivity index (χ0) is 19.9. The molecule has 0 aliphatic carbocycles. The highest BCUT2D eigenvalue weighted by Crippen LogP contribution is 2.35. The minimum absolute atomic E-state index is 0.696. The number of aromatic nitrogens is 3. The normalized spacial score (nSPS) is 9.73. The first kappa shape index (κ1) is 22.9. The number of methoxy groups -OCH3 is 2. The molecule has 0 amide bonds.